The molecule has 0 aliphatic carbocycles. The molecular weight excluding hydrogens is 447 g/mol. The highest BCUT2D eigenvalue weighted by Crippen LogP contribution is 2.30. The SMILES string of the molecule is COc1cc(C=C2NC(=O)N(Cc3ccc(Cl)cc3)C2=O)ccc1OCc1cccc(F)c1. The highest BCUT2D eigenvalue weighted by Gasteiger charge is 2.33. The van der Waals surface area contributed by atoms with Crippen molar-refractivity contribution in [1.29, 1.82) is 0 Å². The molecule has 1 N–H and O–H groups in total. The van der Waals surface area contributed by atoms with Crippen molar-refractivity contribution in [3.05, 3.63) is 100.0 Å². The Labute approximate surface area is 195 Å². The van der Waals surface area contributed by atoms with E-state index in [0.29, 0.717) is 27.6 Å². The summed E-state index contributed by atoms with van der Waals surface area (Å²) in [5.41, 5.74) is 2.26. The van der Waals surface area contributed by atoms with Crippen LogP contribution in [0.3, 0.4) is 0 Å². The Morgan fingerprint density at radius 1 is 1.00 bits per heavy atom. The van der Waals surface area contributed by atoms with Crippen molar-refractivity contribution < 1.29 is 23.5 Å². The molecule has 1 aliphatic heterocycles. The molecule has 6 nitrogen and oxygen atoms in total. The van der Waals surface area contributed by atoms with Gasteiger partial charge in [0.1, 0.15) is 18.1 Å². The minimum Gasteiger partial charge on any atom is -0.493 e. The maximum Gasteiger partial charge on any atom is 0.329 e. The van der Waals surface area contributed by atoms with Gasteiger partial charge in [-0.25, -0.2) is 9.18 Å². The normalized spacial score (nSPS) is 14.5. The monoisotopic (exact) mass is 466 g/mol. The summed E-state index contributed by atoms with van der Waals surface area (Å²) < 4.78 is 24.5. The number of benzene rings is 3. The van der Waals surface area contributed by atoms with Gasteiger partial charge in [-0.2, -0.15) is 0 Å². The van der Waals surface area contributed by atoms with Gasteiger partial charge >= 0.3 is 6.03 Å². The summed E-state index contributed by atoms with van der Waals surface area (Å²) in [4.78, 5) is 26.2. The van der Waals surface area contributed by atoms with E-state index in [2.05, 4.69) is 5.32 Å². The average molecular weight is 467 g/mol. The molecule has 0 radical (unpaired) electrons. The largest absolute Gasteiger partial charge is 0.493 e. The molecule has 3 aromatic rings. The third kappa shape index (κ3) is 5.32. The zero-order valence-corrected chi connectivity index (χ0v) is 18.4. The van der Waals surface area contributed by atoms with Crippen molar-refractivity contribution in [2.45, 2.75) is 13.2 Å². The molecule has 8 heteroatoms. The Hall–Kier alpha value is -3.84. The number of nitrogens with zero attached hydrogens (tertiary/aromatic N) is 1. The second kappa shape index (κ2) is 9.75. The molecule has 3 amide bonds. The van der Waals surface area contributed by atoms with Gasteiger partial charge in [-0.1, -0.05) is 41.9 Å². The average Bonchev–Trinajstić information content (AvgIpc) is 3.06. The van der Waals surface area contributed by atoms with E-state index < -0.39 is 11.9 Å². The van der Waals surface area contributed by atoms with Gasteiger partial charge in [-0.15, -0.1) is 0 Å². The number of carbonyl (C=O) groups is 2. The zero-order chi connectivity index (χ0) is 23.4. The molecule has 4 rings (SSSR count). The van der Waals surface area contributed by atoms with E-state index in [9.17, 15) is 14.0 Å². The van der Waals surface area contributed by atoms with Gasteiger partial charge in [0.2, 0.25) is 0 Å². The molecule has 1 heterocycles. The summed E-state index contributed by atoms with van der Waals surface area (Å²) >= 11 is 5.89. The molecule has 0 unspecified atom stereocenters. The zero-order valence-electron chi connectivity index (χ0n) is 17.7. The van der Waals surface area contributed by atoms with E-state index in [1.54, 1.807) is 60.7 Å². The van der Waals surface area contributed by atoms with E-state index >= 15 is 0 Å². The Balaban J connectivity index is 1.48. The number of amides is 3. The first-order valence-electron chi connectivity index (χ1n) is 10.1. The van der Waals surface area contributed by atoms with Crippen molar-refractivity contribution in [2.75, 3.05) is 7.11 Å². The molecule has 3 aromatic carbocycles. The topological polar surface area (TPSA) is 67.9 Å². The summed E-state index contributed by atoms with van der Waals surface area (Å²) in [7, 11) is 1.50. The minimum atomic E-state index is -0.497. The highest BCUT2D eigenvalue weighted by atomic mass is 35.5. The number of urea groups is 1. The number of imide groups is 1. The van der Waals surface area contributed by atoms with Gasteiger partial charge in [-0.05, 0) is 59.2 Å². The standard InChI is InChI=1S/C25H20ClFN2O4/c1-32-23-13-17(7-10-22(23)33-15-18-3-2-4-20(27)11-18)12-21-24(30)29(25(31)28-21)14-16-5-8-19(26)9-6-16/h2-13H,14-15H2,1H3,(H,28,31). The summed E-state index contributed by atoms with van der Waals surface area (Å²) in [6.07, 6.45) is 1.57. The van der Waals surface area contributed by atoms with E-state index in [1.807, 2.05) is 0 Å². The highest BCUT2D eigenvalue weighted by molar-refractivity contribution is 6.30. The minimum absolute atomic E-state index is 0.134. The third-order valence-corrected chi connectivity index (χ3v) is 5.25. The quantitative estimate of drug-likeness (QED) is 0.386. The first-order chi connectivity index (χ1) is 15.9. The second-order valence-corrected chi connectivity index (χ2v) is 7.77. The first kappa shape index (κ1) is 22.4. The van der Waals surface area contributed by atoms with Crippen LogP contribution in [0, 0.1) is 5.82 Å². The number of halogens is 2. The summed E-state index contributed by atoms with van der Waals surface area (Å²) in [5.74, 6) is 0.143. The number of nitrogens with one attached hydrogen (secondary N) is 1. The van der Waals surface area contributed by atoms with Gasteiger partial charge in [0.25, 0.3) is 5.91 Å². The van der Waals surface area contributed by atoms with E-state index in [1.165, 1.54) is 19.2 Å². The van der Waals surface area contributed by atoms with Crippen LogP contribution in [0.25, 0.3) is 6.08 Å². The van der Waals surface area contributed by atoms with Crippen molar-refractivity contribution in [3.63, 3.8) is 0 Å². The molecule has 0 aromatic heterocycles. The van der Waals surface area contributed by atoms with Crippen molar-refractivity contribution in [2.24, 2.45) is 0 Å². The number of hydrogen-bond donors (Lipinski definition) is 1. The Kier molecular flexibility index (Phi) is 6.60. The number of rotatable bonds is 7. The lowest BCUT2D eigenvalue weighted by atomic mass is 10.1. The molecule has 0 saturated carbocycles. The van der Waals surface area contributed by atoms with E-state index in [4.69, 9.17) is 21.1 Å². The fourth-order valence-electron chi connectivity index (χ4n) is 3.34. The maximum atomic E-state index is 13.4. The number of methoxy groups -OCH3 is 1. The number of carbonyl (C=O) groups excluding carboxylic acids is 2. The molecule has 0 atom stereocenters. The van der Waals surface area contributed by atoms with Crippen LogP contribution in [0.2, 0.25) is 5.02 Å². The second-order valence-electron chi connectivity index (χ2n) is 7.33. The van der Waals surface area contributed by atoms with Gasteiger partial charge in [0, 0.05) is 5.02 Å². The molecule has 168 valence electrons. The molecule has 1 fully saturated rings. The van der Waals surface area contributed by atoms with Gasteiger partial charge in [-0.3, -0.25) is 9.69 Å². The van der Waals surface area contributed by atoms with Crippen LogP contribution in [0.1, 0.15) is 16.7 Å². The molecular formula is C25H20ClFN2O4. The van der Waals surface area contributed by atoms with Crippen LogP contribution in [-0.2, 0) is 17.9 Å². The van der Waals surface area contributed by atoms with Crippen molar-refractivity contribution in [3.8, 4) is 11.5 Å². The molecule has 0 spiro atoms. The lowest BCUT2D eigenvalue weighted by Crippen LogP contribution is -2.30. The summed E-state index contributed by atoms with van der Waals surface area (Å²) in [6.45, 7) is 0.304. The third-order valence-electron chi connectivity index (χ3n) is 5.00. The number of ether oxygens (including phenoxy) is 2. The predicted molar refractivity (Wildman–Crippen MR) is 122 cm³/mol. The lowest BCUT2D eigenvalue weighted by Gasteiger charge is -2.12. The van der Waals surface area contributed by atoms with E-state index in [0.717, 1.165) is 10.5 Å². The Morgan fingerprint density at radius 2 is 1.79 bits per heavy atom. The van der Waals surface area contributed by atoms with Crippen molar-refractivity contribution >= 4 is 29.6 Å². The molecule has 1 saturated heterocycles. The fourth-order valence-corrected chi connectivity index (χ4v) is 3.46. The maximum absolute atomic E-state index is 13.4. The van der Waals surface area contributed by atoms with Crippen molar-refractivity contribution in [1.82, 2.24) is 10.2 Å². The number of hydrogen-bond acceptors (Lipinski definition) is 4. The summed E-state index contributed by atoms with van der Waals surface area (Å²) in [6, 6.07) is 17.7. The van der Waals surface area contributed by atoms with Crippen LogP contribution in [-0.4, -0.2) is 23.9 Å². The lowest BCUT2D eigenvalue weighted by molar-refractivity contribution is -0.123. The molecule has 1 aliphatic rings. The summed E-state index contributed by atoms with van der Waals surface area (Å²) in [5, 5.41) is 3.18. The van der Waals surface area contributed by atoms with Crippen LogP contribution >= 0.6 is 11.6 Å². The van der Waals surface area contributed by atoms with Gasteiger partial charge in [0.05, 0.1) is 13.7 Å². The van der Waals surface area contributed by atoms with Gasteiger partial charge in [0.15, 0.2) is 11.5 Å². The smallest absolute Gasteiger partial charge is 0.329 e. The Bertz CT molecular complexity index is 1230. The molecule has 0 bridgehead atoms. The van der Waals surface area contributed by atoms with Crippen LogP contribution < -0.4 is 14.8 Å². The van der Waals surface area contributed by atoms with Crippen LogP contribution in [0.15, 0.2) is 72.4 Å². The fraction of sp³-hybridized carbons (Fsp3) is 0.120. The van der Waals surface area contributed by atoms with Crippen LogP contribution in [0.5, 0.6) is 11.5 Å². The van der Waals surface area contributed by atoms with Crippen LogP contribution in [0.4, 0.5) is 9.18 Å². The van der Waals surface area contributed by atoms with Gasteiger partial charge < -0.3 is 14.8 Å². The predicted octanol–water partition coefficient (Wildman–Crippen LogP) is 5.16. The Morgan fingerprint density at radius 3 is 2.52 bits per heavy atom. The van der Waals surface area contributed by atoms with E-state index in [-0.39, 0.29) is 24.7 Å². The molecule has 33 heavy (non-hydrogen) atoms. The first-order valence-corrected chi connectivity index (χ1v) is 10.4.